The maximum Gasteiger partial charge on any atom is 0.286 e. The third kappa shape index (κ3) is 2.06. The summed E-state index contributed by atoms with van der Waals surface area (Å²) in [4.78, 5) is 15.9. The molecule has 4 nitrogen and oxygen atoms in total. The summed E-state index contributed by atoms with van der Waals surface area (Å²) in [5.74, 6) is -0.254. The van der Waals surface area contributed by atoms with Gasteiger partial charge >= 0.3 is 0 Å². The van der Waals surface area contributed by atoms with E-state index in [4.69, 9.17) is 5.73 Å². The number of carbonyl (C=O) groups excluding carboxylic acids is 1. The number of nitrogens with two attached hydrogens (primary N) is 1. The van der Waals surface area contributed by atoms with Gasteiger partial charge in [-0.1, -0.05) is 18.2 Å². The van der Waals surface area contributed by atoms with Crippen molar-refractivity contribution >= 4 is 39.8 Å². The van der Waals surface area contributed by atoms with E-state index in [1.165, 1.54) is 17.3 Å². The molecule has 0 unspecified atom stereocenters. The van der Waals surface area contributed by atoms with Crippen molar-refractivity contribution in [2.45, 2.75) is 13.5 Å². The molecule has 1 amide bonds. The van der Waals surface area contributed by atoms with Crippen molar-refractivity contribution < 1.29 is 4.79 Å². The number of amides is 1. The van der Waals surface area contributed by atoms with E-state index in [-0.39, 0.29) is 5.91 Å². The number of thioether (sulfide) groups is 1. The Morgan fingerprint density at radius 2 is 2.21 bits per heavy atom. The SMILES string of the molecule is CCn1cc(/C=C2\SC(N)=NC2=O)c2ccccc21. The molecule has 2 aromatic rings. The molecule has 3 rings (SSSR count). The second-order valence-electron chi connectivity index (χ2n) is 4.25. The molecule has 1 aliphatic heterocycles. The molecule has 0 radical (unpaired) electrons. The maximum atomic E-state index is 11.6. The first-order valence-corrected chi connectivity index (χ1v) is 6.86. The molecule has 2 heterocycles. The zero-order chi connectivity index (χ0) is 13.4. The number of hydrogen-bond acceptors (Lipinski definition) is 3. The topological polar surface area (TPSA) is 60.4 Å². The molecule has 1 aromatic heterocycles. The highest BCUT2D eigenvalue weighted by atomic mass is 32.2. The van der Waals surface area contributed by atoms with Gasteiger partial charge < -0.3 is 10.3 Å². The number of aromatic nitrogens is 1. The molecule has 2 N–H and O–H groups in total. The molecule has 0 aliphatic carbocycles. The Bertz CT molecular complexity index is 727. The quantitative estimate of drug-likeness (QED) is 0.854. The van der Waals surface area contributed by atoms with Crippen molar-refractivity contribution in [1.82, 2.24) is 4.57 Å². The second-order valence-corrected chi connectivity index (χ2v) is 5.32. The molecule has 5 heteroatoms. The summed E-state index contributed by atoms with van der Waals surface area (Å²) in [7, 11) is 0. The highest BCUT2D eigenvalue weighted by Crippen LogP contribution is 2.30. The number of aliphatic imine (C=N–C) groups is 1. The molecule has 0 bridgehead atoms. The van der Waals surface area contributed by atoms with Gasteiger partial charge in [0.15, 0.2) is 5.17 Å². The number of fused-ring (bicyclic) bond motifs is 1. The van der Waals surface area contributed by atoms with Crippen LogP contribution in [0.25, 0.3) is 17.0 Å². The molecular formula is C14H13N3OS. The van der Waals surface area contributed by atoms with Gasteiger partial charge in [0.1, 0.15) is 0 Å². The van der Waals surface area contributed by atoms with Crippen molar-refractivity contribution in [2.24, 2.45) is 10.7 Å². The molecule has 19 heavy (non-hydrogen) atoms. The number of hydrogen-bond donors (Lipinski definition) is 1. The summed E-state index contributed by atoms with van der Waals surface area (Å²) in [5.41, 5.74) is 7.75. The van der Waals surface area contributed by atoms with Gasteiger partial charge in [-0.25, -0.2) is 0 Å². The fourth-order valence-electron chi connectivity index (χ4n) is 2.22. The lowest BCUT2D eigenvalue weighted by Gasteiger charge is -1.97. The normalized spacial score (nSPS) is 17.4. The van der Waals surface area contributed by atoms with E-state index in [1.54, 1.807) is 0 Å². The van der Waals surface area contributed by atoms with Gasteiger partial charge in [0.05, 0.1) is 4.91 Å². The molecule has 1 aromatic carbocycles. The Labute approximate surface area is 115 Å². The smallest absolute Gasteiger partial charge is 0.286 e. The number of carbonyl (C=O) groups is 1. The van der Waals surface area contributed by atoms with Gasteiger partial charge in [-0.3, -0.25) is 4.79 Å². The van der Waals surface area contributed by atoms with Crippen molar-refractivity contribution in [3.8, 4) is 0 Å². The highest BCUT2D eigenvalue weighted by Gasteiger charge is 2.20. The van der Waals surface area contributed by atoms with Crippen LogP contribution in [0, 0.1) is 0 Å². The van der Waals surface area contributed by atoms with E-state index in [0.29, 0.717) is 10.1 Å². The number of rotatable bonds is 2. The average Bonchev–Trinajstić information content (AvgIpc) is 2.91. The predicted octanol–water partition coefficient (Wildman–Crippen LogP) is 2.59. The van der Waals surface area contributed by atoms with Crippen molar-refractivity contribution in [2.75, 3.05) is 0 Å². The standard InChI is InChI=1S/C14H13N3OS/c1-2-17-8-9(10-5-3-4-6-11(10)17)7-12-13(18)16-14(15)19-12/h3-8H,2H2,1H3,(H2,15,16,18)/b12-7-. The Hall–Kier alpha value is -2.01. The van der Waals surface area contributed by atoms with Crippen LogP contribution in [0.1, 0.15) is 12.5 Å². The van der Waals surface area contributed by atoms with Gasteiger partial charge in [-0.15, -0.1) is 0 Å². The highest BCUT2D eigenvalue weighted by molar-refractivity contribution is 8.18. The van der Waals surface area contributed by atoms with Crippen molar-refractivity contribution in [3.05, 3.63) is 40.9 Å². The lowest BCUT2D eigenvalue weighted by atomic mass is 10.1. The molecule has 0 saturated heterocycles. The van der Waals surface area contributed by atoms with Crippen molar-refractivity contribution in [1.29, 1.82) is 0 Å². The Morgan fingerprint density at radius 3 is 2.89 bits per heavy atom. The average molecular weight is 271 g/mol. The van der Waals surface area contributed by atoms with Crippen LogP contribution in [0.15, 0.2) is 40.4 Å². The molecule has 96 valence electrons. The molecule has 0 saturated carbocycles. The van der Waals surface area contributed by atoms with Crippen molar-refractivity contribution in [3.63, 3.8) is 0 Å². The minimum atomic E-state index is -0.254. The molecule has 1 aliphatic rings. The van der Waals surface area contributed by atoms with Crippen LogP contribution in [0.4, 0.5) is 0 Å². The lowest BCUT2D eigenvalue weighted by molar-refractivity contribution is -0.113. The molecular weight excluding hydrogens is 258 g/mol. The number of benzene rings is 1. The summed E-state index contributed by atoms with van der Waals surface area (Å²) >= 11 is 1.22. The predicted molar refractivity (Wildman–Crippen MR) is 79.8 cm³/mol. The Kier molecular flexibility index (Phi) is 2.91. The van der Waals surface area contributed by atoms with Gasteiger partial charge in [-0.2, -0.15) is 4.99 Å². The van der Waals surface area contributed by atoms with Gasteiger partial charge in [0.25, 0.3) is 5.91 Å². The Balaban J connectivity index is 2.12. The second kappa shape index (κ2) is 4.59. The summed E-state index contributed by atoms with van der Waals surface area (Å²) < 4.78 is 2.16. The first-order valence-electron chi connectivity index (χ1n) is 6.05. The summed E-state index contributed by atoms with van der Waals surface area (Å²) in [6.45, 7) is 2.99. The number of nitrogens with zero attached hydrogens (tertiary/aromatic N) is 2. The maximum absolute atomic E-state index is 11.6. The van der Waals surface area contributed by atoms with E-state index >= 15 is 0 Å². The van der Waals surface area contributed by atoms with Crippen LogP contribution >= 0.6 is 11.8 Å². The summed E-state index contributed by atoms with van der Waals surface area (Å²) in [6, 6.07) is 8.15. The van der Waals surface area contributed by atoms with Crippen LogP contribution < -0.4 is 5.73 Å². The zero-order valence-corrected chi connectivity index (χ0v) is 11.3. The zero-order valence-electron chi connectivity index (χ0n) is 10.5. The van der Waals surface area contributed by atoms with Gasteiger partial charge in [-0.05, 0) is 30.8 Å². The fraction of sp³-hybridized carbons (Fsp3) is 0.143. The van der Waals surface area contributed by atoms with Gasteiger partial charge in [0, 0.05) is 29.2 Å². The van der Waals surface area contributed by atoms with Crippen LogP contribution in [-0.2, 0) is 11.3 Å². The van der Waals surface area contributed by atoms with E-state index in [0.717, 1.165) is 17.5 Å². The van der Waals surface area contributed by atoms with E-state index in [9.17, 15) is 4.79 Å². The third-order valence-corrected chi connectivity index (χ3v) is 3.90. The van der Waals surface area contributed by atoms with Crippen LogP contribution in [-0.4, -0.2) is 15.6 Å². The van der Waals surface area contributed by atoms with Crippen LogP contribution in [0.2, 0.25) is 0 Å². The fourth-order valence-corrected chi connectivity index (χ4v) is 2.89. The van der Waals surface area contributed by atoms with E-state index < -0.39 is 0 Å². The number of aryl methyl sites for hydroxylation is 1. The van der Waals surface area contributed by atoms with E-state index in [2.05, 4.69) is 34.8 Å². The lowest BCUT2D eigenvalue weighted by Crippen LogP contribution is -2.01. The van der Waals surface area contributed by atoms with E-state index in [1.807, 2.05) is 18.2 Å². The minimum absolute atomic E-state index is 0.254. The molecule has 0 spiro atoms. The Morgan fingerprint density at radius 1 is 1.42 bits per heavy atom. The molecule has 0 atom stereocenters. The third-order valence-electron chi connectivity index (χ3n) is 3.08. The van der Waals surface area contributed by atoms with Crippen LogP contribution in [0.3, 0.4) is 0 Å². The summed E-state index contributed by atoms with van der Waals surface area (Å²) in [5, 5.41) is 1.45. The number of para-hydroxylation sites is 1. The molecule has 0 fully saturated rings. The summed E-state index contributed by atoms with van der Waals surface area (Å²) in [6.07, 6.45) is 3.92. The largest absolute Gasteiger partial charge is 0.378 e. The number of amidine groups is 1. The van der Waals surface area contributed by atoms with Crippen LogP contribution in [0.5, 0.6) is 0 Å². The monoisotopic (exact) mass is 271 g/mol. The minimum Gasteiger partial charge on any atom is -0.378 e. The first kappa shape index (κ1) is 12.0. The first-order chi connectivity index (χ1) is 9.19. The van der Waals surface area contributed by atoms with Gasteiger partial charge in [0.2, 0.25) is 0 Å².